The van der Waals surface area contributed by atoms with Gasteiger partial charge in [0.2, 0.25) is 11.8 Å². The van der Waals surface area contributed by atoms with Crippen molar-refractivity contribution < 1.29 is 13.6 Å². The number of alkyl halides is 2. The number of pyridine rings is 2. The van der Waals surface area contributed by atoms with Crippen LogP contribution in [0.3, 0.4) is 0 Å². The Morgan fingerprint density at radius 1 is 1.00 bits per heavy atom. The third-order valence-corrected chi connectivity index (χ3v) is 11.1. The van der Waals surface area contributed by atoms with Gasteiger partial charge in [-0.1, -0.05) is 36.4 Å². The molecule has 0 bridgehead atoms. The van der Waals surface area contributed by atoms with Crippen LogP contribution in [0.15, 0.2) is 73.2 Å². The first-order valence-electron chi connectivity index (χ1n) is 18.8. The first-order valence-corrected chi connectivity index (χ1v) is 18.8. The molecule has 2 aromatic heterocycles. The second-order valence-electron chi connectivity index (χ2n) is 14.6. The van der Waals surface area contributed by atoms with E-state index in [0.717, 1.165) is 83.5 Å². The Hall–Kier alpha value is -3.31. The molecule has 1 saturated heterocycles. The highest BCUT2D eigenvalue weighted by Crippen LogP contribution is 2.37. The molecule has 1 aromatic carbocycles. The number of halogens is 2. The molecule has 2 fully saturated rings. The van der Waals surface area contributed by atoms with Crippen LogP contribution in [0.1, 0.15) is 92.3 Å². The molecule has 3 atom stereocenters. The molecular formula is C40H55F2N7O. The van der Waals surface area contributed by atoms with Gasteiger partial charge in [0.25, 0.3) is 0 Å². The highest BCUT2D eigenvalue weighted by molar-refractivity contribution is 5.79. The third-order valence-electron chi connectivity index (χ3n) is 11.1. The number of nitrogens with one attached hydrogen (secondary N) is 1. The lowest BCUT2D eigenvalue weighted by atomic mass is 9.86. The SMILES string of the molecule is NCCCCN(C[C@H]1CN(CC[C@H](NC(=O)C2CCC(F)(F)CC2)c2ccccc2)CCN1Cc1ccncc1)[C@H]1CCCc2cccnc21. The maximum atomic E-state index is 13.9. The predicted molar refractivity (Wildman–Crippen MR) is 194 cm³/mol. The number of amides is 1. The summed E-state index contributed by atoms with van der Waals surface area (Å²) in [7, 11) is 0. The Labute approximate surface area is 296 Å². The number of unbranched alkanes of at least 4 members (excludes halogenated alkanes) is 1. The van der Waals surface area contributed by atoms with Gasteiger partial charge in [-0.15, -0.1) is 0 Å². The van der Waals surface area contributed by atoms with Crippen LogP contribution in [0.25, 0.3) is 0 Å². The minimum atomic E-state index is -2.65. The lowest BCUT2D eigenvalue weighted by Gasteiger charge is -2.45. The van der Waals surface area contributed by atoms with Gasteiger partial charge in [0.1, 0.15) is 0 Å². The van der Waals surface area contributed by atoms with Gasteiger partial charge >= 0.3 is 0 Å². The number of fused-ring (bicyclic) bond motifs is 1. The minimum Gasteiger partial charge on any atom is -0.349 e. The van der Waals surface area contributed by atoms with Crippen molar-refractivity contribution >= 4 is 5.91 Å². The maximum Gasteiger partial charge on any atom is 0.248 e. The van der Waals surface area contributed by atoms with Crippen LogP contribution >= 0.6 is 0 Å². The van der Waals surface area contributed by atoms with Gasteiger partial charge in [0.15, 0.2) is 0 Å². The molecule has 50 heavy (non-hydrogen) atoms. The van der Waals surface area contributed by atoms with Crippen molar-refractivity contribution in [1.29, 1.82) is 0 Å². The van der Waals surface area contributed by atoms with Gasteiger partial charge in [-0.25, -0.2) is 8.78 Å². The van der Waals surface area contributed by atoms with E-state index in [4.69, 9.17) is 10.7 Å². The van der Waals surface area contributed by atoms with Crippen LogP contribution in [0.2, 0.25) is 0 Å². The Morgan fingerprint density at radius 2 is 1.80 bits per heavy atom. The number of nitrogens with zero attached hydrogens (tertiary/aromatic N) is 5. The second-order valence-corrected chi connectivity index (χ2v) is 14.6. The van der Waals surface area contributed by atoms with Crippen LogP contribution in [0.5, 0.6) is 0 Å². The summed E-state index contributed by atoms with van der Waals surface area (Å²) >= 11 is 0. The van der Waals surface area contributed by atoms with Crippen molar-refractivity contribution in [3.8, 4) is 0 Å². The molecule has 3 heterocycles. The van der Waals surface area contributed by atoms with Gasteiger partial charge in [-0.05, 0) is 99.3 Å². The molecule has 2 aliphatic carbocycles. The number of hydrogen-bond donors (Lipinski definition) is 2. The number of nitrogens with two attached hydrogens (primary N) is 1. The Bertz CT molecular complexity index is 1470. The molecule has 3 N–H and O–H groups in total. The van der Waals surface area contributed by atoms with Crippen molar-refractivity contribution in [2.75, 3.05) is 45.8 Å². The van der Waals surface area contributed by atoms with Crippen molar-refractivity contribution in [1.82, 2.24) is 30.0 Å². The van der Waals surface area contributed by atoms with E-state index < -0.39 is 5.92 Å². The summed E-state index contributed by atoms with van der Waals surface area (Å²) in [5.41, 5.74) is 10.9. The van der Waals surface area contributed by atoms with Crippen LogP contribution < -0.4 is 11.1 Å². The molecule has 3 aromatic rings. The fraction of sp³-hybridized carbons (Fsp3) is 0.575. The summed E-state index contributed by atoms with van der Waals surface area (Å²) in [4.78, 5) is 30.4. The highest BCUT2D eigenvalue weighted by Gasteiger charge is 2.38. The van der Waals surface area contributed by atoms with Crippen LogP contribution in [0, 0.1) is 5.92 Å². The molecule has 270 valence electrons. The normalized spacial score (nSPS) is 22.2. The zero-order chi connectivity index (χ0) is 34.8. The third kappa shape index (κ3) is 9.93. The average molecular weight is 688 g/mol. The maximum absolute atomic E-state index is 13.9. The largest absolute Gasteiger partial charge is 0.349 e. The smallest absolute Gasteiger partial charge is 0.248 e. The monoisotopic (exact) mass is 687 g/mol. The molecule has 1 aliphatic heterocycles. The van der Waals surface area contributed by atoms with E-state index in [0.29, 0.717) is 18.6 Å². The zero-order valence-electron chi connectivity index (χ0n) is 29.4. The van der Waals surface area contributed by atoms with E-state index in [1.807, 2.05) is 36.8 Å². The number of piperazine rings is 1. The lowest BCUT2D eigenvalue weighted by Crippen LogP contribution is -2.57. The zero-order valence-corrected chi connectivity index (χ0v) is 29.4. The number of hydrogen-bond acceptors (Lipinski definition) is 7. The fourth-order valence-corrected chi connectivity index (χ4v) is 8.22. The molecule has 1 amide bonds. The lowest BCUT2D eigenvalue weighted by molar-refractivity contribution is -0.130. The molecule has 10 heteroatoms. The quantitative estimate of drug-likeness (QED) is 0.185. The molecule has 8 nitrogen and oxygen atoms in total. The molecule has 0 spiro atoms. The summed E-state index contributed by atoms with van der Waals surface area (Å²) in [5.74, 6) is -3.10. The summed E-state index contributed by atoms with van der Waals surface area (Å²) in [6.45, 7) is 7.16. The van der Waals surface area contributed by atoms with Gasteiger partial charge in [0, 0.05) is 82.7 Å². The Balaban J connectivity index is 1.17. The van der Waals surface area contributed by atoms with Crippen molar-refractivity contribution in [3.05, 3.63) is 95.6 Å². The number of carbonyl (C=O) groups is 1. The first kappa shape index (κ1) is 36.5. The van der Waals surface area contributed by atoms with Crippen LogP contribution in [0.4, 0.5) is 8.78 Å². The highest BCUT2D eigenvalue weighted by atomic mass is 19.3. The minimum absolute atomic E-state index is 0.0936. The summed E-state index contributed by atoms with van der Waals surface area (Å²) in [6.07, 6.45) is 12.0. The van der Waals surface area contributed by atoms with Crippen molar-refractivity contribution in [3.63, 3.8) is 0 Å². The molecular weight excluding hydrogens is 632 g/mol. The molecule has 0 radical (unpaired) electrons. The topological polar surface area (TPSA) is 90.6 Å². The predicted octanol–water partition coefficient (Wildman–Crippen LogP) is 6.15. The number of aromatic nitrogens is 2. The summed E-state index contributed by atoms with van der Waals surface area (Å²) in [5, 5.41) is 3.28. The molecule has 1 saturated carbocycles. The van der Waals surface area contributed by atoms with E-state index in [-0.39, 0.29) is 43.6 Å². The number of carbonyl (C=O) groups excluding carboxylic acids is 1. The summed E-state index contributed by atoms with van der Waals surface area (Å²) < 4.78 is 27.7. The Morgan fingerprint density at radius 3 is 2.58 bits per heavy atom. The van der Waals surface area contributed by atoms with Gasteiger partial charge in [0.05, 0.1) is 17.8 Å². The average Bonchev–Trinajstić information content (AvgIpc) is 3.14. The fourth-order valence-electron chi connectivity index (χ4n) is 8.22. The standard InChI is InChI=1S/C40H55F2N7O/c41-40(42)18-13-34(14-19-40)39(50)46-36(32-8-2-1-3-9-32)17-25-47-26-27-48(28-31-15-22-44-23-16-31)35(29-47)30-49(24-5-4-20-43)37-12-6-10-33-11-7-21-45-38(33)37/h1-3,7-9,11,15-16,21-23,34-37H,4-6,10,12-14,17-20,24-30,43H2,(H,46,50)/t35-,36+,37+/m1/s1. The number of benzene rings is 1. The first-order chi connectivity index (χ1) is 24.4. The molecule has 0 unspecified atom stereocenters. The van der Waals surface area contributed by atoms with Crippen molar-refractivity contribution in [2.24, 2.45) is 11.7 Å². The van der Waals surface area contributed by atoms with E-state index in [1.54, 1.807) is 0 Å². The summed E-state index contributed by atoms with van der Waals surface area (Å²) in [6, 6.07) is 19.1. The Kier molecular flexibility index (Phi) is 13.0. The van der Waals surface area contributed by atoms with Crippen molar-refractivity contribution in [2.45, 2.75) is 94.8 Å². The number of rotatable bonds is 15. The van der Waals surface area contributed by atoms with Crippen LogP contribution in [-0.2, 0) is 17.8 Å². The van der Waals surface area contributed by atoms with E-state index >= 15 is 0 Å². The van der Waals surface area contributed by atoms with Gasteiger partial charge in [-0.3, -0.25) is 24.6 Å². The molecule has 3 aliphatic rings. The van der Waals surface area contributed by atoms with Gasteiger partial charge < -0.3 is 16.0 Å². The second kappa shape index (κ2) is 17.8. The van der Waals surface area contributed by atoms with E-state index in [9.17, 15) is 13.6 Å². The van der Waals surface area contributed by atoms with E-state index in [1.165, 1.54) is 23.2 Å². The van der Waals surface area contributed by atoms with Gasteiger partial charge in [-0.2, -0.15) is 0 Å². The molecule has 6 rings (SSSR count). The van der Waals surface area contributed by atoms with E-state index in [2.05, 4.69) is 61.4 Å². The number of aryl methyl sites for hydroxylation is 1. The van der Waals surface area contributed by atoms with Crippen LogP contribution in [-0.4, -0.2) is 88.4 Å².